The number of hydrogen-bond acceptors (Lipinski definition) is 1. The van der Waals surface area contributed by atoms with Crippen molar-refractivity contribution in [2.24, 2.45) is 5.92 Å². The molecule has 0 bridgehead atoms. The van der Waals surface area contributed by atoms with Gasteiger partial charge < -0.3 is 5.32 Å². The van der Waals surface area contributed by atoms with Crippen molar-refractivity contribution < 1.29 is 4.79 Å². The fraction of sp³-hybridized carbons (Fsp3) is 0.533. The lowest BCUT2D eigenvalue weighted by molar-refractivity contribution is 0.0946. The Hall–Kier alpha value is -0.540. The van der Waals surface area contributed by atoms with Crippen molar-refractivity contribution >= 4 is 33.4 Å². The largest absolute Gasteiger partial charge is 0.352 e. The fourth-order valence-electron chi connectivity index (χ4n) is 1.98. The van der Waals surface area contributed by atoms with Gasteiger partial charge in [0.05, 0.1) is 0 Å². The van der Waals surface area contributed by atoms with Crippen LogP contribution in [0.5, 0.6) is 0 Å². The van der Waals surface area contributed by atoms with E-state index in [2.05, 4.69) is 28.2 Å². The normalized spacial score (nSPS) is 12.2. The van der Waals surface area contributed by atoms with Crippen LogP contribution in [0.15, 0.2) is 18.2 Å². The highest BCUT2D eigenvalue weighted by Crippen LogP contribution is 2.17. The van der Waals surface area contributed by atoms with E-state index in [1.54, 1.807) is 6.07 Å². The molecule has 0 aliphatic carbocycles. The summed E-state index contributed by atoms with van der Waals surface area (Å²) in [6.07, 6.45) is 3.37. The van der Waals surface area contributed by atoms with Crippen LogP contribution in [0.3, 0.4) is 0 Å². The van der Waals surface area contributed by atoms with E-state index in [0.717, 1.165) is 36.7 Å². The van der Waals surface area contributed by atoms with E-state index in [-0.39, 0.29) is 5.91 Å². The van der Waals surface area contributed by atoms with Crippen molar-refractivity contribution in [3.8, 4) is 0 Å². The number of benzene rings is 1. The van der Waals surface area contributed by atoms with Gasteiger partial charge in [0.1, 0.15) is 0 Å². The predicted molar refractivity (Wildman–Crippen MR) is 85.3 cm³/mol. The lowest BCUT2D eigenvalue weighted by Gasteiger charge is -2.15. The van der Waals surface area contributed by atoms with Gasteiger partial charge in [-0.1, -0.05) is 46.9 Å². The summed E-state index contributed by atoms with van der Waals surface area (Å²) in [7, 11) is 0. The summed E-state index contributed by atoms with van der Waals surface area (Å²) in [6, 6.07) is 5.42. The van der Waals surface area contributed by atoms with Crippen molar-refractivity contribution in [3.63, 3.8) is 0 Å². The summed E-state index contributed by atoms with van der Waals surface area (Å²) in [5, 5.41) is 4.61. The summed E-state index contributed by atoms with van der Waals surface area (Å²) in [5.74, 6) is 0.492. The third kappa shape index (κ3) is 5.53. The second kappa shape index (κ2) is 8.60. The molecule has 0 saturated carbocycles. The van der Waals surface area contributed by atoms with E-state index >= 15 is 0 Å². The highest BCUT2D eigenvalue weighted by Gasteiger charge is 2.11. The second-order valence-electron chi connectivity index (χ2n) is 4.81. The standard InChI is InChI=1S/C15H21BrClNO/c1-3-4-12(7-8-16)10-18-15(19)13-6-5-11(2)14(17)9-13/h5-6,9,12H,3-4,7-8,10H2,1-2H3,(H,18,19). The van der Waals surface area contributed by atoms with Crippen LogP contribution in [-0.4, -0.2) is 17.8 Å². The van der Waals surface area contributed by atoms with Crippen molar-refractivity contribution in [1.29, 1.82) is 0 Å². The molecule has 1 amide bonds. The molecule has 0 heterocycles. The van der Waals surface area contributed by atoms with Crippen LogP contribution in [0.1, 0.15) is 42.1 Å². The number of aryl methyl sites for hydroxylation is 1. The molecule has 0 aromatic heterocycles. The Morgan fingerprint density at radius 1 is 1.42 bits per heavy atom. The molecule has 0 aliphatic heterocycles. The van der Waals surface area contributed by atoms with Gasteiger partial charge in [0.15, 0.2) is 0 Å². The summed E-state index contributed by atoms with van der Waals surface area (Å²) < 4.78 is 0. The van der Waals surface area contributed by atoms with Gasteiger partial charge in [-0.25, -0.2) is 0 Å². The molecule has 1 aromatic carbocycles. The second-order valence-corrected chi connectivity index (χ2v) is 6.01. The van der Waals surface area contributed by atoms with E-state index in [1.165, 1.54) is 0 Å². The zero-order valence-corrected chi connectivity index (χ0v) is 13.9. The molecule has 106 valence electrons. The number of amides is 1. The zero-order valence-electron chi connectivity index (χ0n) is 11.5. The first-order valence-electron chi connectivity index (χ1n) is 6.68. The van der Waals surface area contributed by atoms with Gasteiger partial charge in [-0.05, 0) is 43.4 Å². The molecule has 0 radical (unpaired) electrons. The van der Waals surface area contributed by atoms with E-state index in [9.17, 15) is 4.79 Å². The maximum atomic E-state index is 12.0. The first kappa shape index (κ1) is 16.5. The van der Waals surface area contributed by atoms with Crippen molar-refractivity contribution in [3.05, 3.63) is 34.3 Å². The predicted octanol–water partition coefficient (Wildman–Crippen LogP) is 4.58. The van der Waals surface area contributed by atoms with Gasteiger partial charge in [-0.15, -0.1) is 0 Å². The lowest BCUT2D eigenvalue weighted by Crippen LogP contribution is -2.29. The summed E-state index contributed by atoms with van der Waals surface area (Å²) in [4.78, 5) is 12.0. The number of rotatable bonds is 7. The van der Waals surface area contributed by atoms with Gasteiger partial charge >= 0.3 is 0 Å². The quantitative estimate of drug-likeness (QED) is 0.719. The molecule has 1 aromatic rings. The van der Waals surface area contributed by atoms with Gasteiger partial charge in [0, 0.05) is 22.5 Å². The third-order valence-corrected chi connectivity index (χ3v) is 4.06. The first-order chi connectivity index (χ1) is 9.08. The van der Waals surface area contributed by atoms with E-state index in [1.807, 2.05) is 19.1 Å². The van der Waals surface area contributed by atoms with Crippen LogP contribution in [0.25, 0.3) is 0 Å². The maximum absolute atomic E-state index is 12.0. The van der Waals surface area contributed by atoms with Crippen LogP contribution in [0.4, 0.5) is 0 Å². The Morgan fingerprint density at radius 2 is 2.16 bits per heavy atom. The van der Waals surface area contributed by atoms with E-state index in [4.69, 9.17) is 11.6 Å². The summed E-state index contributed by atoms with van der Waals surface area (Å²) in [5.41, 5.74) is 1.62. The van der Waals surface area contributed by atoms with Crippen LogP contribution in [0.2, 0.25) is 5.02 Å². The molecule has 2 nitrogen and oxygen atoms in total. The maximum Gasteiger partial charge on any atom is 0.251 e. The smallest absolute Gasteiger partial charge is 0.251 e. The van der Waals surface area contributed by atoms with Crippen LogP contribution in [-0.2, 0) is 0 Å². The fourth-order valence-corrected chi connectivity index (χ4v) is 2.81. The SMILES string of the molecule is CCCC(CCBr)CNC(=O)c1ccc(C)c(Cl)c1. The molecule has 4 heteroatoms. The number of carbonyl (C=O) groups excluding carboxylic acids is 1. The highest BCUT2D eigenvalue weighted by atomic mass is 79.9. The lowest BCUT2D eigenvalue weighted by atomic mass is 10.0. The monoisotopic (exact) mass is 345 g/mol. The minimum Gasteiger partial charge on any atom is -0.352 e. The van der Waals surface area contributed by atoms with Crippen LogP contribution >= 0.6 is 27.5 Å². The number of hydrogen-bond donors (Lipinski definition) is 1. The Morgan fingerprint density at radius 3 is 2.74 bits per heavy atom. The highest BCUT2D eigenvalue weighted by molar-refractivity contribution is 9.09. The first-order valence-corrected chi connectivity index (χ1v) is 8.18. The number of halogens is 2. The van der Waals surface area contributed by atoms with Crippen molar-refractivity contribution in [1.82, 2.24) is 5.32 Å². The Labute approximate surface area is 129 Å². The Kier molecular flexibility index (Phi) is 7.47. The van der Waals surface area contributed by atoms with Crippen molar-refractivity contribution in [2.45, 2.75) is 33.1 Å². The molecule has 0 fully saturated rings. The average molecular weight is 347 g/mol. The minimum atomic E-state index is -0.0439. The summed E-state index contributed by atoms with van der Waals surface area (Å²) in [6.45, 7) is 4.82. The molecule has 0 spiro atoms. The van der Waals surface area contributed by atoms with E-state index < -0.39 is 0 Å². The average Bonchev–Trinajstić information content (AvgIpc) is 2.39. The Balaban J connectivity index is 2.56. The molecular weight excluding hydrogens is 326 g/mol. The van der Waals surface area contributed by atoms with Crippen LogP contribution in [0, 0.1) is 12.8 Å². The van der Waals surface area contributed by atoms with Gasteiger partial charge in [0.2, 0.25) is 0 Å². The number of carbonyl (C=O) groups is 1. The molecule has 0 aliphatic rings. The van der Waals surface area contributed by atoms with Gasteiger partial charge in [0.25, 0.3) is 5.91 Å². The Bertz CT molecular complexity index is 417. The molecule has 1 unspecified atom stereocenters. The molecule has 1 atom stereocenters. The van der Waals surface area contributed by atoms with Gasteiger partial charge in [-0.2, -0.15) is 0 Å². The van der Waals surface area contributed by atoms with Crippen LogP contribution < -0.4 is 5.32 Å². The topological polar surface area (TPSA) is 29.1 Å². The minimum absolute atomic E-state index is 0.0439. The number of alkyl halides is 1. The molecular formula is C15H21BrClNO. The van der Waals surface area contributed by atoms with E-state index in [0.29, 0.717) is 16.5 Å². The number of nitrogens with one attached hydrogen (secondary N) is 1. The molecule has 19 heavy (non-hydrogen) atoms. The van der Waals surface area contributed by atoms with Gasteiger partial charge in [-0.3, -0.25) is 4.79 Å². The molecule has 1 N–H and O–H groups in total. The molecule has 1 rings (SSSR count). The zero-order chi connectivity index (χ0) is 14.3. The third-order valence-electron chi connectivity index (χ3n) is 3.20. The van der Waals surface area contributed by atoms with Crippen molar-refractivity contribution in [2.75, 3.05) is 11.9 Å². The summed E-state index contributed by atoms with van der Waals surface area (Å²) >= 11 is 9.49. The molecule has 0 saturated heterocycles.